The zero-order valence-corrected chi connectivity index (χ0v) is 13.2. The highest BCUT2D eigenvalue weighted by Gasteiger charge is 2.26. The van der Waals surface area contributed by atoms with Crippen LogP contribution in [0.2, 0.25) is 5.02 Å². The number of anilines is 1. The van der Waals surface area contributed by atoms with Gasteiger partial charge in [-0.1, -0.05) is 35.9 Å². The Morgan fingerprint density at radius 1 is 1.36 bits per heavy atom. The molecule has 1 N–H and O–H groups in total. The molecule has 114 valence electrons. The van der Waals surface area contributed by atoms with Crippen molar-refractivity contribution in [2.75, 3.05) is 18.9 Å². The van der Waals surface area contributed by atoms with Crippen LogP contribution in [0.4, 0.5) is 5.82 Å². The number of aromatic nitrogens is 1. The number of rotatable bonds is 3. The third-order valence-electron chi connectivity index (χ3n) is 4.05. The van der Waals surface area contributed by atoms with Crippen molar-refractivity contribution in [2.24, 2.45) is 0 Å². The van der Waals surface area contributed by atoms with E-state index in [-0.39, 0.29) is 11.9 Å². The van der Waals surface area contributed by atoms with Gasteiger partial charge >= 0.3 is 0 Å². The lowest BCUT2D eigenvalue weighted by molar-refractivity contribution is -0.117. The van der Waals surface area contributed by atoms with E-state index in [0.717, 1.165) is 13.0 Å². The molecule has 1 aromatic heterocycles. The van der Waals surface area contributed by atoms with E-state index < -0.39 is 0 Å². The molecule has 2 heterocycles. The summed E-state index contributed by atoms with van der Waals surface area (Å²) in [5.74, 6) is 0.490. The maximum Gasteiger partial charge on any atom is 0.227 e. The summed E-state index contributed by atoms with van der Waals surface area (Å²) < 4.78 is 0. The van der Waals surface area contributed by atoms with Gasteiger partial charge in [-0.2, -0.15) is 0 Å². The lowest BCUT2D eigenvalue weighted by Crippen LogP contribution is -2.34. The summed E-state index contributed by atoms with van der Waals surface area (Å²) >= 11 is 5.80. The predicted molar refractivity (Wildman–Crippen MR) is 88.0 cm³/mol. The molecule has 3 rings (SSSR count). The van der Waals surface area contributed by atoms with Crippen LogP contribution >= 0.6 is 11.6 Å². The number of likely N-dealkylation sites (N-methyl/N-ethyl adjacent to an activating group) is 1. The number of fused-ring (bicyclic) bond motifs is 1. The first-order valence-electron chi connectivity index (χ1n) is 7.33. The van der Waals surface area contributed by atoms with E-state index in [0.29, 0.717) is 17.3 Å². The minimum absolute atomic E-state index is 0.0385. The van der Waals surface area contributed by atoms with Crippen LogP contribution in [0.15, 0.2) is 42.6 Å². The Bertz CT molecular complexity index is 672. The molecule has 1 aliphatic heterocycles. The molecule has 5 heteroatoms. The third-order valence-corrected chi connectivity index (χ3v) is 4.28. The molecule has 1 aromatic carbocycles. The van der Waals surface area contributed by atoms with Gasteiger partial charge in [-0.15, -0.1) is 0 Å². The zero-order chi connectivity index (χ0) is 15.5. The third kappa shape index (κ3) is 3.29. The van der Waals surface area contributed by atoms with Crippen LogP contribution in [0.3, 0.4) is 0 Å². The molecule has 0 radical (unpaired) electrons. The molecule has 4 nitrogen and oxygen atoms in total. The molecule has 1 aliphatic rings. The number of amides is 1. The number of hydrogen-bond acceptors (Lipinski definition) is 3. The van der Waals surface area contributed by atoms with E-state index in [1.54, 1.807) is 12.1 Å². The van der Waals surface area contributed by atoms with Crippen molar-refractivity contribution in [3.63, 3.8) is 0 Å². The van der Waals surface area contributed by atoms with Crippen LogP contribution < -0.4 is 5.32 Å². The van der Waals surface area contributed by atoms with Gasteiger partial charge in [-0.25, -0.2) is 4.98 Å². The first kappa shape index (κ1) is 15.0. The normalized spacial score (nSPS) is 17.8. The van der Waals surface area contributed by atoms with Gasteiger partial charge in [0.2, 0.25) is 5.91 Å². The highest BCUT2D eigenvalue weighted by atomic mass is 35.5. The highest BCUT2D eigenvalue weighted by molar-refractivity contribution is 6.30. The topological polar surface area (TPSA) is 45.2 Å². The van der Waals surface area contributed by atoms with Crippen molar-refractivity contribution >= 4 is 23.3 Å². The van der Waals surface area contributed by atoms with E-state index >= 15 is 0 Å². The van der Waals surface area contributed by atoms with Crippen LogP contribution in [0.25, 0.3) is 0 Å². The molecule has 22 heavy (non-hydrogen) atoms. The van der Waals surface area contributed by atoms with Crippen molar-refractivity contribution < 1.29 is 4.79 Å². The Balaban J connectivity index is 1.72. The maximum absolute atomic E-state index is 12.3. The summed E-state index contributed by atoms with van der Waals surface area (Å²) in [5.41, 5.74) is 2.58. The molecule has 0 bridgehead atoms. The second-order valence-electron chi connectivity index (χ2n) is 5.56. The monoisotopic (exact) mass is 315 g/mol. The van der Waals surface area contributed by atoms with Crippen molar-refractivity contribution in [2.45, 2.75) is 18.9 Å². The van der Waals surface area contributed by atoms with Crippen LogP contribution in [-0.2, 0) is 11.2 Å². The lowest BCUT2D eigenvalue weighted by atomic mass is 9.91. The zero-order valence-electron chi connectivity index (χ0n) is 12.4. The van der Waals surface area contributed by atoms with Gasteiger partial charge in [0.1, 0.15) is 5.82 Å². The maximum atomic E-state index is 12.3. The summed E-state index contributed by atoms with van der Waals surface area (Å²) in [7, 11) is 2.06. The fourth-order valence-corrected chi connectivity index (χ4v) is 2.97. The van der Waals surface area contributed by atoms with Gasteiger partial charge in [-0.05, 0) is 36.7 Å². The number of nitrogens with one attached hydrogen (secondary N) is 1. The number of hydrogen-bond donors (Lipinski definition) is 1. The Kier molecular flexibility index (Phi) is 4.41. The quantitative estimate of drug-likeness (QED) is 0.945. The number of nitrogens with zero attached hydrogens (tertiary/aromatic N) is 2. The van der Waals surface area contributed by atoms with Gasteiger partial charge in [0, 0.05) is 25.2 Å². The summed E-state index contributed by atoms with van der Waals surface area (Å²) in [6.07, 6.45) is 2.97. The van der Waals surface area contributed by atoms with E-state index in [9.17, 15) is 4.79 Å². The summed E-state index contributed by atoms with van der Waals surface area (Å²) in [5, 5.41) is 3.39. The van der Waals surface area contributed by atoms with E-state index in [1.807, 2.05) is 6.07 Å². The molecule has 0 aliphatic carbocycles. The van der Waals surface area contributed by atoms with Gasteiger partial charge < -0.3 is 5.32 Å². The minimum Gasteiger partial charge on any atom is -0.311 e. The molecule has 0 saturated heterocycles. The largest absolute Gasteiger partial charge is 0.311 e. The van der Waals surface area contributed by atoms with Gasteiger partial charge in [-0.3, -0.25) is 9.69 Å². The summed E-state index contributed by atoms with van der Waals surface area (Å²) in [4.78, 5) is 18.6. The van der Waals surface area contributed by atoms with Crippen LogP contribution in [0, 0.1) is 0 Å². The Morgan fingerprint density at radius 3 is 2.95 bits per heavy atom. The second-order valence-corrected chi connectivity index (χ2v) is 6.00. The van der Waals surface area contributed by atoms with Crippen molar-refractivity contribution in [1.29, 1.82) is 0 Å². The number of carbonyl (C=O) groups excluding carboxylic acids is 1. The Labute approximate surface area is 135 Å². The number of halogens is 1. The molecule has 2 aromatic rings. The van der Waals surface area contributed by atoms with Crippen LogP contribution in [0.5, 0.6) is 0 Å². The lowest BCUT2D eigenvalue weighted by Gasteiger charge is -2.34. The average molecular weight is 316 g/mol. The standard InChI is InChI=1S/C17H18ClN3O/c1-21-9-8-12-4-2-3-5-14(12)15(21)10-17(22)20-16-7-6-13(18)11-19-16/h2-7,11,15H,8-10H2,1H3,(H,19,20,22)/t15-/m0/s1. The van der Waals surface area contributed by atoms with E-state index in [2.05, 4.69) is 40.4 Å². The number of carbonyl (C=O) groups is 1. The Hall–Kier alpha value is -1.91. The summed E-state index contributed by atoms with van der Waals surface area (Å²) in [6.45, 7) is 0.966. The van der Waals surface area contributed by atoms with Crippen LogP contribution in [-0.4, -0.2) is 29.4 Å². The summed E-state index contributed by atoms with van der Waals surface area (Å²) in [6, 6.07) is 11.9. The molecular weight excluding hydrogens is 298 g/mol. The van der Waals surface area contributed by atoms with Gasteiger partial charge in [0.05, 0.1) is 5.02 Å². The first-order valence-corrected chi connectivity index (χ1v) is 7.71. The molecule has 1 atom stereocenters. The predicted octanol–water partition coefficient (Wildman–Crippen LogP) is 3.29. The second kappa shape index (κ2) is 6.46. The van der Waals surface area contributed by atoms with Crippen molar-refractivity contribution in [1.82, 2.24) is 9.88 Å². The fraction of sp³-hybridized carbons (Fsp3) is 0.294. The molecule has 0 fully saturated rings. The minimum atomic E-state index is -0.0385. The fourth-order valence-electron chi connectivity index (χ4n) is 2.86. The number of benzene rings is 1. The van der Waals surface area contributed by atoms with Gasteiger partial charge in [0.15, 0.2) is 0 Å². The molecule has 0 unspecified atom stereocenters. The van der Waals surface area contributed by atoms with Gasteiger partial charge in [0.25, 0.3) is 0 Å². The van der Waals surface area contributed by atoms with E-state index in [1.165, 1.54) is 17.3 Å². The molecule has 0 spiro atoms. The molecular formula is C17H18ClN3O. The first-order chi connectivity index (χ1) is 10.6. The highest BCUT2D eigenvalue weighted by Crippen LogP contribution is 2.31. The Morgan fingerprint density at radius 2 is 2.18 bits per heavy atom. The van der Waals surface area contributed by atoms with E-state index in [4.69, 9.17) is 11.6 Å². The SMILES string of the molecule is CN1CCc2ccccc2[C@@H]1CC(=O)Nc1ccc(Cl)cn1. The average Bonchev–Trinajstić information content (AvgIpc) is 2.52. The van der Waals surface area contributed by atoms with Crippen molar-refractivity contribution in [3.05, 3.63) is 58.7 Å². The smallest absolute Gasteiger partial charge is 0.227 e. The van der Waals surface area contributed by atoms with Crippen molar-refractivity contribution in [3.8, 4) is 0 Å². The number of pyridine rings is 1. The molecule has 0 saturated carbocycles. The van der Waals surface area contributed by atoms with Crippen LogP contribution in [0.1, 0.15) is 23.6 Å². The molecule has 1 amide bonds.